The molecule has 0 fully saturated rings. The second-order valence-electron chi connectivity index (χ2n) is 6.74. The molecule has 7 heteroatoms. The maximum Gasteiger partial charge on any atom is 0.422 e. The van der Waals surface area contributed by atoms with Crippen LogP contribution in [0.5, 0.6) is 11.5 Å². The van der Waals surface area contributed by atoms with Crippen molar-refractivity contribution in [2.45, 2.75) is 19.8 Å². The zero-order chi connectivity index (χ0) is 23.0. The Morgan fingerprint density at radius 3 is 2.29 bits per heavy atom. The van der Waals surface area contributed by atoms with Crippen molar-refractivity contribution >= 4 is 30.1 Å². The van der Waals surface area contributed by atoms with E-state index in [-0.39, 0.29) is 16.9 Å². The highest BCUT2D eigenvalue weighted by atomic mass is 16.6. The van der Waals surface area contributed by atoms with Gasteiger partial charge >= 0.3 is 17.9 Å². The molecule has 2 aromatic carbocycles. The maximum absolute atomic E-state index is 12.2. The van der Waals surface area contributed by atoms with Crippen molar-refractivity contribution in [3.05, 3.63) is 70.8 Å². The lowest BCUT2D eigenvalue weighted by Gasteiger charge is -2.18. The first kappa shape index (κ1) is 23.4. The van der Waals surface area contributed by atoms with E-state index in [1.807, 2.05) is 37.3 Å². The van der Waals surface area contributed by atoms with Crippen LogP contribution < -0.4 is 9.47 Å². The van der Waals surface area contributed by atoms with Crippen molar-refractivity contribution in [3.63, 3.8) is 0 Å². The van der Waals surface area contributed by atoms with Crippen LogP contribution in [-0.4, -0.2) is 37.2 Å². The van der Waals surface area contributed by atoms with Gasteiger partial charge in [-0.05, 0) is 37.0 Å². The number of carbonyl (C=O) groups is 3. The Morgan fingerprint density at radius 2 is 1.74 bits per heavy atom. The quantitative estimate of drug-likeness (QED) is 0.223. The van der Waals surface area contributed by atoms with E-state index in [1.54, 1.807) is 18.2 Å². The topological polar surface area (TPSA) is 99.1 Å². The Hall–Kier alpha value is -3.87. The molecule has 2 aromatic rings. The summed E-state index contributed by atoms with van der Waals surface area (Å²) in [6.45, 7) is 5.67. The molecule has 0 aliphatic rings. The van der Waals surface area contributed by atoms with Gasteiger partial charge in [-0.3, -0.25) is 0 Å². The Labute approximate surface area is 180 Å². The average Bonchev–Trinajstić information content (AvgIpc) is 2.75. The second-order valence-corrected chi connectivity index (χ2v) is 6.74. The zero-order valence-corrected chi connectivity index (χ0v) is 17.6. The smallest absolute Gasteiger partial charge is 0.422 e. The summed E-state index contributed by atoms with van der Waals surface area (Å²) in [5.41, 5.74) is 2.02. The van der Waals surface area contributed by atoms with Crippen LogP contribution in [0.1, 0.15) is 40.4 Å². The van der Waals surface area contributed by atoms with Crippen molar-refractivity contribution in [2.75, 3.05) is 14.2 Å². The molecular formula is C24H24O7. The maximum atomic E-state index is 12.2. The summed E-state index contributed by atoms with van der Waals surface area (Å²) in [5, 5.41) is 9.92. The highest BCUT2D eigenvalue weighted by molar-refractivity contribution is 6.30. The molecule has 0 aromatic heterocycles. The van der Waals surface area contributed by atoms with Crippen molar-refractivity contribution < 1.29 is 33.7 Å². The minimum absolute atomic E-state index is 0.250. The normalized spacial score (nSPS) is 10.5. The van der Waals surface area contributed by atoms with Crippen molar-refractivity contribution in [1.82, 2.24) is 0 Å². The van der Waals surface area contributed by atoms with Crippen molar-refractivity contribution in [3.8, 4) is 11.5 Å². The molecule has 0 heterocycles. The molecule has 31 heavy (non-hydrogen) atoms. The first-order valence-corrected chi connectivity index (χ1v) is 9.43. The molecule has 7 nitrogen and oxygen atoms in total. The number of carbonyl (C=O) groups excluding carboxylic acids is 2. The fourth-order valence-corrected chi connectivity index (χ4v) is 2.88. The summed E-state index contributed by atoms with van der Waals surface area (Å²) in [5.74, 6) is -3.82. The largest absolute Gasteiger partial charge is 0.496 e. The fourth-order valence-electron chi connectivity index (χ4n) is 2.88. The SMILES string of the molecule is C=C(C)CCc1c(OC)cc(/C=C/c2ccccc2)c(C(=O)O)c1OC(=O)C(=O)OC. The molecule has 0 saturated heterocycles. The molecule has 0 unspecified atom stereocenters. The third kappa shape index (κ3) is 6.05. The number of hydrogen-bond donors (Lipinski definition) is 1. The number of methoxy groups -OCH3 is 2. The van der Waals surface area contributed by atoms with E-state index < -0.39 is 17.9 Å². The molecule has 0 saturated carbocycles. The molecule has 162 valence electrons. The monoisotopic (exact) mass is 424 g/mol. The van der Waals surface area contributed by atoms with Gasteiger partial charge in [-0.15, -0.1) is 6.58 Å². The van der Waals surface area contributed by atoms with Gasteiger partial charge in [0.2, 0.25) is 0 Å². The predicted octanol–water partition coefficient (Wildman–Crippen LogP) is 4.15. The molecule has 2 rings (SSSR count). The van der Waals surface area contributed by atoms with Crippen LogP contribution in [0, 0.1) is 0 Å². The van der Waals surface area contributed by atoms with Gasteiger partial charge in [0.1, 0.15) is 11.3 Å². The zero-order valence-electron chi connectivity index (χ0n) is 17.6. The van der Waals surface area contributed by atoms with Gasteiger partial charge in [-0.2, -0.15) is 0 Å². The number of hydrogen-bond acceptors (Lipinski definition) is 6. The molecular weight excluding hydrogens is 400 g/mol. The lowest BCUT2D eigenvalue weighted by atomic mass is 9.96. The van der Waals surface area contributed by atoms with E-state index >= 15 is 0 Å². The minimum Gasteiger partial charge on any atom is -0.496 e. The summed E-state index contributed by atoms with van der Waals surface area (Å²) in [4.78, 5) is 35.9. The summed E-state index contributed by atoms with van der Waals surface area (Å²) in [7, 11) is 2.46. The van der Waals surface area contributed by atoms with Crippen LogP contribution in [0.25, 0.3) is 12.2 Å². The second kappa shape index (κ2) is 10.8. The highest BCUT2D eigenvalue weighted by Gasteiger charge is 2.28. The van der Waals surface area contributed by atoms with Crippen LogP contribution in [0.3, 0.4) is 0 Å². The summed E-state index contributed by atoms with van der Waals surface area (Å²) < 4.78 is 15.1. The van der Waals surface area contributed by atoms with Gasteiger partial charge in [0.25, 0.3) is 0 Å². The summed E-state index contributed by atoms with van der Waals surface area (Å²) >= 11 is 0. The molecule has 0 bridgehead atoms. The Bertz CT molecular complexity index is 1020. The van der Waals surface area contributed by atoms with Crippen LogP contribution >= 0.6 is 0 Å². The van der Waals surface area contributed by atoms with Crippen molar-refractivity contribution in [2.24, 2.45) is 0 Å². The van der Waals surface area contributed by atoms with E-state index in [0.717, 1.165) is 18.2 Å². The average molecular weight is 424 g/mol. The Morgan fingerprint density at radius 1 is 1.06 bits per heavy atom. The van der Waals surface area contributed by atoms with Crippen LogP contribution in [-0.2, 0) is 20.7 Å². The lowest BCUT2D eigenvalue weighted by molar-refractivity contribution is -0.160. The number of aromatic carboxylic acids is 1. The summed E-state index contributed by atoms with van der Waals surface area (Å²) in [6.07, 6.45) is 4.10. The third-order valence-electron chi connectivity index (χ3n) is 4.41. The van der Waals surface area contributed by atoms with Crippen molar-refractivity contribution in [1.29, 1.82) is 0 Å². The van der Waals surface area contributed by atoms with Crippen LogP contribution in [0.4, 0.5) is 0 Å². The van der Waals surface area contributed by atoms with E-state index in [9.17, 15) is 19.5 Å². The van der Waals surface area contributed by atoms with E-state index in [2.05, 4.69) is 11.3 Å². The number of esters is 2. The fraction of sp³-hybridized carbons (Fsp3) is 0.208. The number of ether oxygens (including phenoxy) is 3. The molecule has 0 aliphatic carbocycles. The molecule has 0 amide bonds. The first-order chi connectivity index (χ1) is 14.8. The first-order valence-electron chi connectivity index (χ1n) is 9.43. The molecule has 0 atom stereocenters. The van der Waals surface area contributed by atoms with E-state index in [0.29, 0.717) is 24.2 Å². The predicted molar refractivity (Wildman–Crippen MR) is 116 cm³/mol. The number of rotatable bonds is 8. The molecule has 0 spiro atoms. The number of carboxylic acids is 1. The van der Waals surface area contributed by atoms with Gasteiger partial charge in [0.05, 0.1) is 14.2 Å². The van der Waals surface area contributed by atoms with Gasteiger partial charge in [0.15, 0.2) is 5.75 Å². The van der Waals surface area contributed by atoms with Crippen LogP contribution in [0.15, 0.2) is 48.6 Å². The minimum atomic E-state index is -1.33. The number of benzene rings is 2. The Balaban J connectivity index is 2.70. The number of allylic oxidation sites excluding steroid dienone is 1. The highest BCUT2D eigenvalue weighted by Crippen LogP contribution is 2.38. The Kier molecular flexibility index (Phi) is 8.14. The van der Waals surface area contributed by atoms with E-state index in [4.69, 9.17) is 9.47 Å². The van der Waals surface area contributed by atoms with Gasteiger partial charge in [-0.25, -0.2) is 14.4 Å². The van der Waals surface area contributed by atoms with Gasteiger partial charge in [0, 0.05) is 5.56 Å². The van der Waals surface area contributed by atoms with E-state index in [1.165, 1.54) is 7.11 Å². The van der Waals surface area contributed by atoms with Gasteiger partial charge in [-0.1, -0.05) is 48.1 Å². The summed E-state index contributed by atoms with van der Waals surface area (Å²) in [6, 6.07) is 10.8. The molecule has 0 aliphatic heterocycles. The van der Waals surface area contributed by atoms with Gasteiger partial charge < -0.3 is 19.3 Å². The lowest BCUT2D eigenvalue weighted by Crippen LogP contribution is -2.23. The molecule has 1 N–H and O–H groups in total. The third-order valence-corrected chi connectivity index (χ3v) is 4.41. The standard InChI is InChI=1S/C24H24O7/c1-15(2)10-13-18-19(29-3)14-17(12-11-16-8-6-5-7-9-16)20(22(25)26)21(18)31-24(28)23(27)30-4/h5-9,11-12,14H,1,10,13H2,2-4H3,(H,25,26)/b12-11+. The van der Waals surface area contributed by atoms with Crippen LogP contribution in [0.2, 0.25) is 0 Å². The molecule has 0 radical (unpaired) electrons. The number of carboxylic acid groups (broad SMARTS) is 1.